The van der Waals surface area contributed by atoms with Gasteiger partial charge in [-0.3, -0.25) is 4.79 Å². The number of sulfonamides is 1. The minimum absolute atomic E-state index is 0.0580. The van der Waals surface area contributed by atoms with Gasteiger partial charge in [0.15, 0.2) is 0 Å². The first-order valence-corrected chi connectivity index (χ1v) is 8.66. The van der Waals surface area contributed by atoms with Crippen LogP contribution in [0, 0.1) is 5.92 Å². The summed E-state index contributed by atoms with van der Waals surface area (Å²) < 4.78 is 31.9. The van der Waals surface area contributed by atoms with Crippen LogP contribution in [0.15, 0.2) is 17.0 Å². The maximum atomic E-state index is 12.4. The van der Waals surface area contributed by atoms with Crippen LogP contribution in [-0.4, -0.2) is 32.6 Å². The van der Waals surface area contributed by atoms with Gasteiger partial charge in [0.05, 0.1) is 17.2 Å². The van der Waals surface area contributed by atoms with Crippen LogP contribution in [0.5, 0.6) is 5.75 Å². The standard InChI is InChI=1S/C13H17Cl2NO5S/c1-4-7(2)12(13(17)18)16-22(19,20)11-6-8(14)10(21-3)5-9(11)15/h5-7,12,16H,4H2,1-3H3,(H,17,18)/t7-,12-/m0/s1. The molecule has 0 unspecified atom stereocenters. The highest BCUT2D eigenvalue weighted by Crippen LogP contribution is 2.33. The van der Waals surface area contributed by atoms with Crippen molar-refractivity contribution in [3.05, 3.63) is 22.2 Å². The Hall–Kier alpha value is -1.02. The van der Waals surface area contributed by atoms with E-state index in [4.69, 9.17) is 27.9 Å². The molecular formula is C13H17Cl2NO5S. The largest absolute Gasteiger partial charge is 0.495 e. The molecule has 22 heavy (non-hydrogen) atoms. The first-order chi connectivity index (χ1) is 10.1. The average Bonchev–Trinajstić information content (AvgIpc) is 2.45. The summed E-state index contributed by atoms with van der Waals surface area (Å²) in [5, 5.41) is 9.13. The third kappa shape index (κ3) is 4.25. The third-order valence-electron chi connectivity index (χ3n) is 3.26. The van der Waals surface area contributed by atoms with Crippen molar-refractivity contribution in [3.8, 4) is 5.75 Å². The molecule has 0 aromatic heterocycles. The first kappa shape index (κ1) is 19.0. The molecule has 0 amide bonds. The minimum Gasteiger partial charge on any atom is -0.495 e. The second-order valence-corrected chi connectivity index (χ2v) is 7.24. The van der Waals surface area contributed by atoms with Crippen molar-refractivity contribution < 1.29 is 23.1 Å². The molecule has 9 heteroatoms. The molecule has 1 aromatic rings. The summed E-state index contributed by atoms with van der Waals surface area (Å²) in [6.45, 7) is 3.41. The van der Waals surface area contributed by atoms with E-state index in [-0.39, 0.29) is 26.6 Å². The number of ether oxygens (including phenoxy) is 1. The van der Waals surface area contributed by atoms with Gasteiger partial charge in [0.2, 0.25) is 10.0 Å². The van der Waals surface area contributed by atoms with Gasteiger partial charge in [0, 0.05) is 6.07 Å². The van der Waals surface area contributed by atoms with Gasteiger partial charge >= 0.3 is 5.97 Å². The number of halogens is 2. The van der Waals surface area contributed by atoms with Crippen LogP contribution < -0.4 is 9.46 Å². The molecule has 1 aromatic carbocycles. The molecular weight excluding hydrogens is 353 g/mol. The van der Waals surface area contributed by atoms with E-state index in [0.29, 0.717) is 6.42 Å². The number of hydrogen-bond donors (Lipinski definition) is 2. The van der Waals surface area contributed by atoms with Gasteiger partial charge in [-0.2, -0.15) is 4.72 Å². The molecule has 124 valence electrons. The lowest BCUT2D eigenvalue weighted by atomic mass is 10.0. The van der Waals surface area contributed by atoms with E-state index >= 15 is 0 Å². The number of carboxylic acid groups (broad SMARTS) is 1. The smallest absolute Gasteiger partial charge is 0.322 e. The van der Waals surface area contributed by atoms with Gasteiger partial charge in [-0.15, -0.1) is 0 Å². The first-order valence-electron chi connectivity index (χ1n) is 6.42. The number of methoxy groups -OCH3 is 1. The molecule has 2 N–H and O–H groups in total. The number of carboxylic acids is 1. The normalized spacial score (nSPS) is 14.4. The topological polar surface area (TPSA) is 92.7 Å². The van der Waals surface area contributed by atoms with E-state index in [1.165, 1.54) is 13.2 Å². The minimum atomic E-state index is -4.14. The summed E-state index contributed by atoms with van der Waals surface area (Å²) in [5.41, 5.74) is 0. The van der Waals surface area contributed by atoms with Crippen LogP contribution >= 0.6 is 23.2 Å². The summed E-state index contributed by atoms with van der Waals surface area (Å²) in [6, 6.07) is 1.13. The Labute approximate surface area is 139 Å². The van der Waals surface area contributed by atoms with Crippen LogP contribution in [0.2, 0.25) is 10.0 Å². The van der Waals surface area contributed by atoms with Crippen LogP contribution in [-0.2, 0) is 14.8 Å². The zero-order valence-corrected chi connectivity index (χ0v) is 14.6. The molecule has 0 saturated heterocycles. The summed E-state index contributed by atoms with van der Waals surface area (Å²) in [6.07, 6.45) is 0.497. The zero-order chi connectivity index (χ0) is 17.1. The van der Waals surface area contributed by atoms with Crippen LogP contribution in [0.1, 0.15) is 20.3 Å². The van der Waals surface area contributed by atoms with Crippen molar-refractivity contribution >= 4 is 39.2 Å². The lowest BCUT2D eigenvalue weighted by molar-refractivity contribution is -0.140. The molecule has 0 spiro atoms. The summed E-state index contributed by atoms with van der Waals surface area (Å²) in [4.78, 5) is 11.0. The lowest BCUT2D eigenvalue weighted by Crippen LogP contribution is -2.44. The Morgan fingerprint density at radius 2 is 1.95 bits per heavy atom. The molecule has 0 saturated carbocycles. The predicted octanol–water partition coefficient (Wildman–Crippen LogP) is 2.78. The van der Waals surface area contributed by atoms with E-state index in [2.05, 4.69) is 4.72 Å². The van der Waals surface area contributed by atoms with Crippen molar-refractivity contribution in [1.82, 2.24) is 4.72 Å². The second-order valence-electron chi connectivity index (χ2n) is 4.74. The molecule has 2 atom stereocenters. The number of hydrogen-bond acceptors (Lipinski definition) is 4. The number of carbonyl (C=O) groups is 1. The molecule has 0 heterocycles. The summed E-state index contributed by atoms with van der Waals surface area (Å²) in [7, 11) is -2.77. The van der Waals surface area contributed by atoms with Gasteiger partial charge in [0.25, 0.3) is 0 Å². The van der Waals surface area contributed by atoms with Crippen LogP contribution in [0.25, 0.3) is 0 Å². The maximum Gasteiger partial charge on any atom is 0.322 e. The van der Waals surface area contributed by atoms with E-state index in [9.17, 15) is 18.3 Å². The number of benzene rings is 1. The Bertz CT molecular complexity index is 663. The van der Waals surface area contributed by atoms with Crippen molar-refractivity contribution in [2.45, 2.75) is 31.2 Å². The molecule has 1 rings (SSSR count). The zero-order valence-electron chi connectivity index (χ0n) is 12.3. The molecule has 0 fully saturated rings. The fourth-order valence-electron chi connectivity index (χ4n) is 1.75. The molecule has 0 radical (unpaired) electrons. The van der Waals surface area contributed by atoms with E-state index in [1.54, 1.807) is 13.8 Å². The molecule has 6 nitrogen and oxygen atoms in total. The molecule has 0 aliphatic heterocycles. The van der Waals surface area contributed by atoms with Gasteiger partial charge in [-0.25, -0.2) is 8.42 Å². The molecule has 0 aliphatic carbocycles. The quantitative estimate of drug-likeness (QED) is 0.770. The molecule has 0 bridgehead atoms. The second kappa shape index (κ2) is 7.50. The van der Waals surface area contributed by atoms with E-state index < -0.39 is 22.0 Å². The van der Waals surface area contributed by atoms with E-state index in [0.717, 1.165) is 6.07 Å². The van der Waals surface area contributed by atoms with Crippen molar-refractivity contribution in [1.29, 1.82) is 0 Å². The van der Waals surface area contributed by atoms with Crippen molar-refractivity contribution in [3.63, 3.8) is 0 Å². The highest BCUT2D eigenvalue weighted by Gasteiger charge is 2.31. The van der Waals surface area contributed by atoms with Crippen molar-refractivity contribution in [2.24, 2.45) is 5.92 Å². The van der Waals surface area contributed by atoms with Gasteiger partial charge < -0.3 is 9.84 Å². The predicted molar refractivity (Wildman–Crippen MR) is 84.2 cm³/mol. The Morgan fingerprint density at radius 3 is 2.41 bits per heavy atom. The fraction of sp³-hybridized carbons (Fsp3) is 0.462. The van der Waals surface area contributed by atoms with Crippen molar-refractivity contribution in [2.75, 3.05) is 7.11 Å². The lowest BCUT2D eigenvalue weighted by Gasteiger charge is -2.20. The SMILES string of the molecule is CC[C@H](C)[C@H](NS(=O)(=O)c1cc(Cl)c(OC)cc1Cl)C(=O)O. The number of rotatable bonds is 7. The van der Waals surface area contributed by atoms with E-state index in [1.807, 2.05) is 0 Å². The van der Waals surface area contributed by atoms with Gasteiger partial charge in [0.1, 0.15) is 16.7 Å². The summed E-state index contributed by atoms with van der Waals surface area (Å²) >= 11 is 11.8. The average molecular weight is 370 g/mol. The van der Waals surface area contributed by atoms with Crippen LogP contribution in [0.3, 0.4) is 0 Å². The third-order valence-corrected chi connectivity index (χ3v) is 5.46. The highest BCUT2D eigenvalue weighted by molar-refractivity contribution is 7.89. The Kier molecular flexibility index (Phi) is 6.49. The van der Waals surface area contributed by atoms with Gasteiger partial charge in [-0.05, 0) is 12.0 Å². The maximum absolute atomic E-state index is 12.4. The van der Waals surface area contributed by atoms with Crippen LogP contribution in [0.4, 0.5) is 0 Å². The van der Waals surface area contributed by atoms with Gasteiger partial charge in [-0.1, -0.05) is 43.5 Å². The Balaban J connectivity index is 3.24. The molecule has 0 aliphatic rings. The highest BCUT2D eigenvalue weighted by atomic mass is 35.5. The number of nitrogens with one attached hydrogen (secondary N) is 1. The summed E-state index contributed by atoms with van der Waals surface area (Å²) in [5.74, 6) is -1.42. The monoisotopic (exact) mass is 369 g/mol. The number of aliphatic carboxylic acids is 1. The Morgan fingerprint density at radius 1 is 1.36 bits per heavy atom. The fourth-order valence-corrected chi connectivity index (χ4v) is 3.90.